The third-order valence-electron chi connectivity index (χ3n) is 7.10. The molecule has 2 heterocycles. The van der Waals surface area contributed by atoms with Gasteiger partial charge in [0.05, 0.1) is 17.2 Å². The molecule has 11 heteroatoms. The number of thioether (sulfide) groups is 1. The lowest BCUT2D eigenvalue weighted by molar-refractivity contribution is -0.113. The number of amides is 1. The fourth-order valence-corrected chi connectivity index (χ4v) is 5.98. The molecule has 3 aromatic carbocycles. The molecule has 1 amide bonds. The van der Waals surface area contributed by atoms with Crippen LogP contribution in [0.25, 0.3) is 6.08 Å². The lowest BCUT2D eigenvalue weighted by Gasteiger charge is -2.32. The summed E-state index contributed by atoms with van der Waals surface area (Å²) in [6.07, 6.45) is 5.19. The average molecular weight is 665 g/mol. The van der Waals surface area contributed by atoms with Crippen LogP contribution in [-0.2, 0) is 4.79 Å². The number of benzene rings is 3. The minimum atomic E-state index is -0.313. The normalized spacial score (nSPS) is 16.6. The fourth-order valence-electron chi connectivity index (χ4n) is 4.68. The maximum Gasteiger partial charge on any atom is 0.270 e. The second kappa shape index (κ2) is 17.0. The van der Waals surface area contributed by atoms with Gasteiger partial charge in [0.25, 0.3) is 5.91 Å². The highest BCUT2D eigenvalue weighted by Gasteiger charge is 2.33. The fraction of sp³-hybridized carbons (Fsp3) is 0.312. The molecule has 43 heavy (non-hydrogen) atoms. The number of carbonyl (C=O) groups is 1. The Kier molecular flexibility index (Phi) is 13.8. The molecule has 0 spiro atoms. The van der Waals surface area contributed by atoms with Crippen LogP contribution in [0.1, 0.15) is 24.8 Å². The van der Waals surface area contributed by atoms with Crippen LogP contribution in [0.3, 0.4) is 0 Å². The Hall–Kier alpha value is -2.66. The van der Waals surface area contributed by atoms with Crippen molar-refractivity contribution in [3.63, 3.8) is 0 Å². The number of rotatable bonds is 11. The first-order valence-electron chi connectivity index (χ1n) is 13.9. The van der Waals surface area contributed by atoms with Crippen LogP contribution in [0, 0.1) is 5.82 Å². The third kappa shape index (κ3) is 9.93. The zero-order chi connectivity index (χ0) is 28.6. The van der Waals surface area contributed by atoms with E-state index >= 15 is 0 Å². The van der Waals surface area contributed by atoms with E-state index in [9.17, 15) is 9.18 Å². The molecule has 5 rings (SSSR count). The summed E-state index contributed by atoms with van der Waals surface area (Å²) in [5.74, 6) is 1.49. The quantitative estimate of drug-likeness (QED) is 0.119. The Labute approximate surface area is 275 Å². The van der Waals surface area contributed by atoms with Crippen LogP contribution in [-0.4, -0.2) is 66.4 Å². The zero-order valence-electron chi connectivity index (χ0n) is 23.9. The molecule has 6 nitrogen and oxygen atoms in total. The molecule has 0 N–H and O–H groups in total. The van der Waals surface area contributed by atoms with Crippen molar-refractivity contribution >= 4 is 70.8 Å². The molecule has 2 aliphatic heterocycles. The number of halogens is 3. The standard InChI is InChI=1S/C32H34FN3O3S2.2ClH/c1-34-18-20-35(21-19-34)17-3-2-4-22-38-27-15-9-26(10-16-27)36-31(37)30(41-32(36)40)23-24-5-11-28(12-6-24)39-29-13-7-25(33)8-14-29;;/h5-16,23H,2-4,17-22H2,1H3;2*1H. The van der Waals surface area contributed by atoms with Gasteiger partial charge in [0, 0.05) is 26.2 Å². The summed E-state index contributed by atoms with van der Waals surface area (Å²) < 4.78 is 25.3. The SMILES string of the molecule is CN1CCN(CCCCCOc2ccc(N3C(=O)C(=Cc4ccc(Oc5ccc(F)cc5)cc4)SC3=S)cc2)CC1.Cl.Cl. The summed E-state index contributed by atoms with van der Waals surface area (Å²) in [5, 5.41) is 0. The Morgan fingerprint density at radius 1 is 0.837 bits per heavy atom. The summed E-state index contributed by atoms with van der Waals surface area (Å²) in [4.78, 5) is 20.2. The van der Waals surface area contributed by atoms with Crippen molar-refractivity contribution in [1.29, 1.82) is 0 Å². The highest BCUT2D eigenvalue weighted by molar-refractivity contribution is 8.27. The van der Waals surface area contributed by atoms with Crippen LogP contribution in [0.15, 0.2) is 77.7 Å². The third-order valence-corrected chi connectivity index (χ3v) is 8.40. The molecule has 0 unspecified atom stereocenters. The van der Waals surface area contributed by atoms with Gasteiger partial charge in [0.15, 0.2) is 4.32 Å². The highest BCUT2D eigenvalue weighted by atomic mass is 35.5. The number of nitrogens with zero attached hydrogens (tertiary/aromatic N) is 3. The number of hydrogen-bond acceptors (Lipinski definition) is 7. The number of carbonyl (C=O) groups excluding carboxylic acids is 1. The van der Waals surface area contributed by atoms with Crippen molar-refractivity contribution in [2.24, 2.45) is 0 Å². The molecule has 0 atom stereocenters. The van der Waals surface area contributed by atoms with E-state index in [-0.39, 0.29) is 36.5 Å². The topological polar surface area (TPSA) is 45.2 Å². The number of anilines is 1. The van der Waals surface area contributed by atoms with Crippen molar-refractivity contribution in [2.75, 3.05) is 51.3 Å². The van der Waals surface area contributed by atoms with E-state index < -0.39 is 0 Å². The van der Waals surface area contributed by atoms with Crippen molar-refractivity contribution in [3.05, 3.63) is 89.1 Å². The van der Waals surface area contributed by atoms with E-state index in [1.54, 1.807) is 17.0 Å². The second-order valence-corrected chi connectivity index (χ2v) is 11.9. The van der Waals surface area contributed by atoms with Gasteiger partial charge in [0.2, 0.25) is 0 Å². The molecule has 3 aromatic rings. The minimum Gasteiger partial charge on any atom is -0.494 e. The predicted molar refractivity (Wildman–Crippen MR) is 183 cm³/mol. The van der Waals surface area contributed by atoms with Crippen molar-refractivity contribution in [3.8, 4) is 17.2 Å². The first-order valence-corrected chi connectivity index (χ1v) is 15.1. The van der Waals surface area contributed by atoms with E-state index in [4.69, 9.17) is 21.7 Å². The average Bonchev–Trinajstić information content (AvgIpc) is 3.26. The first kappa shape index (κ1) is 34.8. The van der Waals surface area contributed by atoms with E-state index in [1.165, 1.54) is 43.4 Å². The lowest BCUT2D eigenvalue weighted by Crippen LogP contribution is -2.44. The van der Waals surface area contributed by atoms with Crippen LogP contribution < -0.4 is 14.4 Å². The summed E-state index contributed by atoms with van der Waals surface area (Å²) >= 11 is 6.82. The van der Waals surface area contributed by atoms with Crippen LogP contribution in [0.4, 0.5) is 10.1 Å². The van der Waals surface area contributed by atoms with Crippen LogP contribution in [0.5, 0.6) is 17.2 Å². The van der Waals surface area contributed by atoms with Crippen molar-refractivity contribution < 1.29 is 18.7 Å². The van der Waals surface area contributed by atoms with Gasteiger partial charge in [-0.25, -0.2) is 4.39 Å². The largest absolute Gasteiger partial charge is 0.494 e. The Morgan fingerprint density at radius 3 is 2.09 bits per heavy atom. The maximum atomic E-state index is 13.2. The minimum absolute atomic E-state index is 0. The second-order valence-electron chi connectivity index (χ2n) is 10.2. The monoisotopic (exact) mass is 663 g/mol. The van der Waals surface area contributed by atoms with Gasteiger partial charge in [-0.15, -0.1) is 24.8 Å². The number of likely N-dealkylation sites (N-methyl/N-ethyl adjacent to an activating group) is 1. The van der Waals surface area contributed by atoms with Gasteiger partial charge in [-0.2, -0.15) is 0 Å². The van der Waals surface area contributed by atoms with Crippen molar-refractivity contribution in [1.82, 2.24) is 9.80 Å². The summed E-state index contributed by atoms with van der Waals surface area (Å²) in [5.41, 5.74) is 1.57. The lowest BCUT2D eigenvalue weighted by atomic mass is 10.2. The molecule has 0 radical (unpaired) electrons. The van der Waals surface area contributed by atoms with E-state index in [2.05, 4.69) is 16.8 Å². The summed E-state index contributed by atoms with van der Waals surface area (Å²) in [7, 11) is 2.18. The van der Waals surface area contributed by atoms with Crippen LogP contribution in [0.2, 0.25) is 0 Å². The number of hydrogen-bond donors (Lipinski definition) is 0. The van der Waals surface area contributed by atoms with Gasteiger partial charge in [-0.05, 0) is 105 Å². The first-order chi connectivity index (χ1) is 19.9. The summed E-state index contributed by atoms with van der Waals surface area (Å²) in [6.45, 7) is 6.50. The van der Waals surface area contributed by atoms with Gasteiger partial charge in [-0.3, -0.25) is 9.69 Å². The molecule has 2 aliphatic rings. The molecule has 2 fully saturated rings. The zero-order valence-corrected chi connectivity index (χ0v) is 27.2. The molecule has 2 saturated heterocycles. The predicted octanol–water partition coefficient (Wildman–Crippen LogP) is 7.66. The molecule has 230 valence electrons. The number of thiocarbonyl (C=S) groups is 1. The molecule has 0 saturated carbocycles. The van der Waals surface area contributed by atoms with E-state index in [0.29, 0.717) is 27.3 Å². The Balaban J connectivity index is 0.00000253. The number of piperazine rings is 1. The highest BCUT2D eigenvalue weighted by Crippen LogP contribution is 2.36. The Bertz CT molecular complexity index is 1370. The molecule has 0 bridgehead atoms. The van der Waals surface area contributed by atoms with Crippen molar-refractivity contribution in [2.45, 2.75) is 19.3 Å². The van der Waals surface area contributed by atoms with Gasteiger partial charge < -0.3 is 19.3 Å². The number of ether oxygens (including phenoxy) is 2. The molecule has 0 aromatic heterocycles. The van der Waals surface area contributed by atoms with E-state index in [1.807, 2.05) is 54.6 Å². The molecule has 0 aliphatic carbocycles. The smallest absolute Gasteiger partial charge is 0.270 e. The Morgan fingerprint density at radius 2 is 1.44 bits per heavy atom. The van der Waals surface area contributed by atoms with Gasteiger partial charge in [-0.1, -0.05) is 36.1 Å². The summed E-state index contributed by atoms with van der Waals surface area (Å²) in [6, 6.07) is 20.7. The van der Waals surface area contributed by atoms with Gasteiger partial charge >= 0.3 is 0 Å². The van der Waals surface area contributed by atoms with Gasteiger partial charge in [0.1, 0.15) is 23.1 Å². The maximum absolute atomic E-state index is 13.2. The van der Waals surface area contributed by atoms with Crippen LogP contribution >= 0.6 is 48.8 Å². The molecular weight excluding hydrogens is 628 g/mol. The molecular formula is C32H36Cl2FN3O3S2. The van der Waals surface area contributed by atoms with E-state index in [0.717, 1.165) is 49.5 Å². The number of unbranched alkanes of at least 4 members (excludes halogenated alkanes) is 2.